The molecule has 0 fully saturated rings. The lowest BCUT2D eigenvalue weighted by Gasteiger charge is -1.93. The Bertz CT molecular complexity index is 115. The lowest BCUT2D eigenvalue weighted by atomic mass is 10.3. The second kappa shape index (κ2) is 4.09. The predicted molar refractivity (Wildman–Crippen MR) is 33.1 cm³/mol. The molecule has 0 saturated carbocycles. The fraction of sp³-hybridized carbons (Fsp3) is 0.500. The van der Waals surface area contributed by atoms with Gasteiger partial charge in [0.15, 0.2) is 0 Å². The Hall–Kier alpha value is -0.830. The normalized spacial score (nSPS) is 14.0. The minimum atomic E-state index is -0.976. The molecule has 1 unspecified atom stereocenters. The quantitative estimate of drug-likeness (QED) is 0.543. The van der Waals surface area contributed by atoms with Gasteiger partial charge in [-0.05, 0) is 13.3 Å². The molecule has 52 valence electrons. The Morgan fingerprint density at radius 3 is 2.67 bits per heavy atom. The highest BCUT2D eigenvalue weighted by Crippen LogP contribution is 1.89. The van der Waals surface area contributed by atoms with Crippen LogP contribution in [-0.2, 0) is 4.79 Å². The number of hydrogen-bond acceptors (Lipinski definition) is 2. The summed E-state index contributed by atoms with van der Waals surface area (Å²) in [6.45, 7) is 1.60. The summed E-state index contributed by atoms with van der Waals surface area (Å²) in [6.07, 6.45) is 2.38. The van der Waals surface area contributed by atoms with E-state index < -0.39 is 12.1 Å². The third kappa shape index (κ3) is 7.17. The van der Waals surface area contributed by atoms with Gasteiger partial charge in [0.25, 0.3) is 0 Å². The molecule has 2 N–H and O–H groups in total. The first-order chi connectivity index (χ1) is 4.13. The fourth-order valence-electron chi connectivity index (χ4n) is 0.366. The average molecular weight is 130 g/mol. The van der Waals surface area contributed by atoms with Crippen molar-refractivity contribution in [2.45, 2.75) is 19.4 Å². The van der Waals surface area contributed by atoms with Crippen molar-refractivity contribution in [2.24, 2.45) is 0 Å². The van der Waals surface area contributed by atoms with Crippen LogP contribution in [0.4, 0.5) is 0 Å². The number of hydrogen-bond donors (Lipinski definition) is 2. The minimum Gasteiger partial charge on any atom is -0.478 e. The molecule has 0 aliphatic heterocycles. The molecule has 0 radical (unpaired) electrons. The van der Waals surface area contributed by atoms with Crippen LogP contribution >= 0.6 is 0 Å². The Balaban J connectivity index is 3.36. The van der Waals surface area contributed by atoms with Gasteiger partial charge in [0, 0.05) is 6.08 Å². The Morgan fingerprint density at radius 2 is 2.33 bits per heavy atom. The topological polar surface area (TPSA) is 57.5 Å². The van der Waals surface area contributed by atoms with Crippen molar-refractivity contribution in [2.75, 3.05) is 0 Å². The van der Waals surface area contributed by atoms with Crippen LogP contribution in [0.3, 0.4) is 0 Å². The molecule has 0 aromatic heterocycles. The highest BCUT2D eigenvalue weighted by molar-refractivity contribution is 5.79. The van der Waals surface area contributed by atoms with Crippen LogP contribution < -0.4 is 0 Å². The van der Waals surface area contributed by atoms with Gasteiger partial charge in [-0.15, -0.1) is 0 Å². The Morgan fingerprint density at radius 1 is 1.78 bits per heavy atom. The van der Waals surface area contributed by atoms with Crippen molar-refractivity contribution in [3.8, 4) is 0 Å². The van der Waals surface area contributed by atoms with Crippen molar-refractivity contribution in [1.29, 1.82) is 0 Å². The van der Waals surface area contributed by atoms with E-state index in [1.54, 1.807) is 6.92 Å². The highest BCUT2D eigenvalue weighted by atomic mass is 16.4. The van der Waals surface area contributed by atoms with Crippen molar-refractivity contribution in [3.63, 3.8) is 0 Å². The summed E-state index contributed by atoms with van der Waals surface area (Å²) in [4.78, 5) is 9.81. The molecule has 0 bridgehead atoms. The lowest BCUT2D eigenvalue weighted by Crippen LogP contribution is -1.96. The zero-order valence-electron chi connectivity index (χ0n) is 5.24. The van der Waals surface area contributed by atoms with Crippen LogP contribution in [0.1, 0.15) is 13.3 Å². The van der Waals surface area contributed by atoms with E-state index in [0.717, 1.165) is 6.08 Å². The largest absolute Gasteiger partial charge is 0.478 e. The maximum atomic E-state index is 9.81. The van der Waals surface area contributed by atoms with Crippen molar-refractivity contribution in [1.82, 2.24) is 0 Å². The first-order valence-corrected chi connectivity index (χ1v) is 2.70. The first kappa shape index (κ1) is 8.17. The smallest absolute Gasteiger partial charge is 0.327 e. The van der Waals surface area contributed by atoms with Gasteiger partial charge >= 0.3 is 5.97 Å². The Labute approximate surface area is 53.6 Å². The van der Waals surface area contributed by atoms with Gasteiger partial charge in [0.05, 0.1) is 6.10 Å². The molecule has 0 rings (SSSR count). The summed E-state index contributed by atoms with van der Waals surface area (Å²) in [6, 6.07) is 0. The fourth-order valence-corrected chi connectivity index (χ4v) is 0.366. The van der Waals surface area contributed by atoms with E-state index in [4.69, 9.17) is 10.2 Å². The molecule has 0 spiro atoms. The number of carboxylic acid groups (broad SMARTS) is 1. The summed E-state index contributed by atoms with van der Waals surface area (Å²) >= 11 is 0. The van der Waals surface area contributed by atoms with E-state index in [1.165, 1.54) is 6.08 Å². The molecule has 0 aromatic carbocycles. The van der Waals surface area contributed by atoms with Crippen LogP contribution in [-0.4, -0.2) is 22.3 Å². The Kier molecular flexibility index (Phi) is 3.71. The number of aliphatic hydroxyl groups excluding tert-OH is 1. The van der Waals surface area contributed by atoms with E-state index in [0.29, 0.717) is 6.42 Å². The molecule has 9 heavy (non-hydrogen) atoms. The molecule has 0 saturated heterocycles. The molecular weight excluding hydrogens is 120 g/mol. The molecule has 3 heteroatoms. The lowest BCUT2D eigenvalue weighted by molar-refractivity contribution is -0.131. The molecule has 0 amide bonds. The molecule has 0 aliphatic carbocycles. The van der Waals surface area contributed by atoms with Gasteiger partial charge < -0.3 is 10.2 Å². The van der Waals surface area contributed by atoms with E-state index in [1.807, 2.05) is 0 Å². The molecule has 0 aliphatic rings. The van der Waals surface area contributed by atoms with Crippen molar-refractivity contribution < 1.29 is 15.0 Å². The summed E-state index contributed by atoms with van der Waals surface area (Å²) in [5.74, 6) is -0.976. The van der Waals surface area contributed by atoms with Crippen LogP contribution in [0.15, 0.2) is 12.2 Å². The van der Waals surface area contributed by atoms with Crippen molar-refractivity contribution >= 4 is 5.97 Å². The van der Waals surface area contributed by atoms with E-state index in [2.05, 4.69) is 0 Å². The molecule has 3 nitrogen and oxygen atoms in total. The second-order valence-electron chi connectivity index (χ2n) is 1.83. The zero-order chi connectivity index (χ0) is 7.28. The summed E-state index contributed by atoms with van der Waals surface area (Å²) in [7, 11) is 0. The van der Waals surface area contributed by atoms with Gasteiger partial charge in [0.2, 0.25) is 0 Å². The predicted octanol–water partition coefficient (Wildman–Crippen LogP) is 0.398. The monoisotopic (exact) mass is 130 g/mol. The van der Waals surface area contributed by atoms with E-state index in [-0.39, 0.29) is 0 Å². The first-order valence-electron chi connectivity index (χ1n) is 2.70. The molecular formula is C6H10O3. The van der Waals surface area contributed by atoms with Crippen LogP contribution in [0, 0.1) is 0 Å². The maximum absolute atomic E-state index is 9.81. The van der Waals surface area contributed by atoms with Crippen LogP contribution in [0.25, 0.3) is 0 Å². The summed E-state index contributed by atoms with van der Waals surface area (Å²) in [5, 5.41) is 16.7. The highest BCUT2D eigenvalue weighted by Gasteiger charge is 1.89. The van der Waals surface area contributed by atoms with Crippen molar-refractivity contribution in [3.05, 3.63) is 12.2 Å². The molecule has 1 atom stereocenters. The average Bonchev–Trinajstić information content (AvgIpc) is 1.63. The number of rotatable bonds is 3. The molecule has 0 aromatic rings. The van der Waals surface area contributed by atoms with Gasteiger partial charge in [-0.3, -0.25) is 0 Å². The minimum absolute atomic E-state index is 0.395. The standard InChI is InChI=1S/C6H10O3/c1-5(7)3-2-4-6(8)9/h2,4-5,7H,3H2,1H3,(H,8,9). The number of aliphatic hydroxyl groups is 1. The number of aliphatic carboxylic acids is 1. The summed E-state index contributed by atoms with van der Waals surface area (Å²) < 4.78 is 0. The third-order valence-corrected chi connectivity index (χ3v) is 0.738. The second-order valence-corrected chi connectivity index (χ2v) is 1.83. The molecule has 0 heterocycles. The SMILES string of the molecule is CC(O)CC=CC(=O)O. The third-order valence-electron chi connectivity index (χ3n) is 0.738. The number of carbonyl (C=O) groups is 1. The van der Waals surface area contributed by atoms with Gasteiger partial charge in [-0.25, -0.2) is 4.79 Å². The van der Waals surface area contributed by atoms with Crippen LogP contribution in [0.2, 0.25) is 0 Å². The summed E-state index contributed by atoms with van der Waals surface area (Å²) in [5.41, 5.74) is 0. The van der Waals surface area contributed by atoms with Crippen LogP contribution in [0.5, 0.6) is 0 Å². The van der Waals surface area contributed by atoms with Gasteiger partial charge in [-0.1, -0.05) is 6.08 Å². The maximum Gasteiger partial charge on any atom is 0.327 e. The number of carboxylic acids is 1. The van der Waals surface area contributed by atoms with E-state index in [9.17, 15) is 4.79 Å². The van der Waals surface area contributed by atoms with Gasteiger partial charge in [0.1, 0.15) is 0 Å². The zero-order valence-corrected chi connectivity index (χ0v) is 5.24. The van der Waals surface area contributed by atoms with Gasteiger partial charge in [-0.2, -0.15) is 0 Å². The van der Waals surface area contributed by atoms with E-state index >= 15 is 0 Å².